The highest BCUT2D eigenvalue weighted by atomic mass is 79.9. The topological polar surface area (TPSA) is 51.8 Å². The first-order chi connectivity index (χ1) is 9.72. The average Bonchev–Trinajstić information content (AvgIpc) is 3.03. The molecule has 0 bridgehead atoms. The zero-order valence-electron chi connectivity index (χ0n) is 10.9. The quantitative estimate of drug-likeness (QED) is 0.633. The van der Waals surface area contributed by atoms with Crippen LogP contribution >= 0.6 is 15.9 Å². The van der Waals surface area contributed by atoms with Crippen LogP contribution in [-0.4, -0.2) is 19.1 Å². The van der Waals surface area contributed by atoms with Crippen molar-refractivity contribution in [2.45, 2.75) is 12.8 Å². The summed E-state index contributed by atoms with van der Waals surface area (Å²) in [6.45, 7) is 0. The summed E-state index contributed by atoms with van der Waals surface area (Å²) < 4.78 is 6.29. The highest BCUT2D eigenvalue weighted by molar-refractivity contribution is 9.10. The average molecular weight is 334 g/mol. The summed E-state index contributed by atoms with van der Waals surface area (Å²) in [5.74, 6) is 0.987. The third-order valence-corrected chi connectivity index (χ3v) is 3.92. The maximum absolute atomic E-state index is 10.8. The Hall–Kier alpha value is -1.88. The zero-order valence-corrected chi connectivity index (χ0v) is 12.4. The van der Waals surface area contributed by atoms with Crippen LogP contribution in [0, 0.1) is 0 Å². The van der Waals surface area contributed by atoms with Crippen molar-refractivity contribution in [1.29, 1.82) is 0 Å². The SMILES string of the molecule is CON=C1CCc2cc(-c3oc(C=O)cc3Br)ccc21. The van der Waals surface area contributed by atoms with Gasteiger partial charge in [-0.3, -0.25) is 4.79 Å². The first-order valence-corrected chi connectivity index (χ1v) is 7.00. The molecule has 0 unspecified atom stereocenters. The molecule has 0 atom stereocenters. The zero-order chi connectivity index (χ0) is 14.1. The molecule has 1 aromatic carbocycles. The van der Waals surface area contributed by atoms with E-state index < -0.39 is 0 Å². The Morgan fingerprint density at radius 2 is 2.20 bits per heavy atom. The van der Waals surface area contributed by atoms with Crippen molar-refractivity contribution in [3.8, 4) is 11.3 Å². The minimum atomic E-state index is 0.314. The molecule has 2 aromatic rings. The normalized spacial score (nSPS) is 15.4. The van der Waals surface area contributed by atoms with Crippen molar-refractivity contribution >= 4 is 27.9 Å². The molecular formula is C15H12BrNO3. The van der Waals surface area contributed by atoms with Gasteiger partial charge in [0.1, 0.15) is 12.9 Å². The molecule has 3 rings (SSSR count). The summed E-state index contributed by atoms with van der Waals surface area (Å²) in [6.07, 6.45) is 2.51. The second kappa shape index (κ2) is 5.25. The van der Waals surface area contributed by atoms with Crippen LogP contribution in [0.25, 0.3) is 11.3 Å². The highest BCUT2D eigenvalue weighted by Crippen LogP contribution is 2.34. The van der Waals surface area contributed by atoms with Crippen molar-refractivity contribution in [2.75, 3.05) is 7.11 Å². The van der Waals surface area contributed by atoms with Crippen molar-refractivity contribution in [3.05, 3.63) is 45.6 Å². The standard InChI is InChI=1S/C15H12BrNO3/c1-19-17-14-5-3-9-6-10(2-4-12(9)14)15-13(16)7-11(8-18)20-15/h2,4,6-8H,3,5H2,1H3. The number of oxime groups is 1. The van der Waals surface area contributed by atoms with E-state index in [9.17, 15) is 4.79 Å². The lowest BCUT2D eigenvalue weighted by atomic mass is 10.0. The Balaban J connectivity index is 2.03. The Bertz CT molecular complexity index is 703. The molecule has 102 valence electrons. The van der Waals surface area contributed by atoms with E-state index in [0.717, 1.165) is 34.2 Å². The summed E-state index contributed by atoms with van der Waals surface area (Å²) in [5, 5.41) is 4.04. The number of benzene rings is 1. The number of carbonyl (C=O) groups is 1. The summed E-state index contributed by atoms with van der Waals surface area (Å²) in [7, 11) is 1.56. The first-order valence-electron chi connectivity index (χ1n) is 6.21. The third-order valence-electron chi connectivity index (χ3n) is 3.33. The number of furan rings is 1. The van der Waals surface area contributed by atoms with Gasteiger partial charge in [0.15, 0.2) is 12.0 Å². The predicted molar refractivity (Wildman–Crippen MR) is 79.1 cm³/mol. The number of aldehydes is 1. The molecule has 0 radical (unpaired) electrons. The second-order valence-corrected chi connectivity index (χ2v) is 5.39. The van der Waals surface area contributed by atoms with Gasteiger partial charge in [0.2, 0.25) is 0 Å². The van der Waals surface area contributed by atoms with Crippen molar-refractivity contribution < 1.29 is 14.0 Å². The number of aryl methyl sites for hydroxylation is 1. The van der Waals surface area contributed by atoms with E-state index >= 15 is 0 Å². The Labute approximate surface area is 124 Å². The van der Waals surface area contributed by atoms with E-state index in [-0.39, 0.29) is 0 Å². The lowest BCUT2D eigenvalue weighted by molar-refractivity contribution is 0.110. The highest BCUT2D eigenvalue weighted by Gasteiger charge is 2.20. The number of hydrogen-bond acceptors (Lipinski definition) is 4. The smallest absolute Gasteiger partial charge is 0.185 e. The minimum absolute atomic E-state index is 0.314. The lowest BCUT2D eigenvalue weighted by Crippen LogP contribution is -1.94. The molecule has 0 aliphatic heterocycles. The molecule has 0 saturated heterocycles. The van der Waals surface area contributed by atoms with Crippen molar-refractivity contribution in [3.63, 3.8) is 0 Å². The molecule has 0 N–H and O–H groups in total. The number of fused-ring (bicyclic) bond motifs is 1. The van der Waals surface area contributed by atoms with Crippen LogP contribution in [0.4, 0.5) is 0 Å². The van der Waals surface area contributed by atoms with Crippen LogP contribution < -0.4 is 0 Å². The van der Waals surface area contributed by atoms with E-state index in [1.165, 1.54) is 5.56 Å². The maximum atomic E-state index is 10.8. The number of hydrogen-bond donors (Lipinski definition) is 0. The Morgan fingerprint density at radius 3 is 2.90 bits per heavy atom. The molecule has 4 nitrogen and oxygen atoms in total. The fourth-order valence-corrected chi connectivity index (χ4v) is 2.99. The molecule has 0 spiro atoms. The summed E-state index contributed by atoms with van der Waals surface area (Å²) >= 11 is 3.42. The monoisotopic (exact) mass is 333 g/mol. The van der Waals surface area contributed by atoms with Crippen molar-refractivity contribution in [2.24, 2.45) is 5.16 Å². The van der Waals surface area contributed by atoms with Gasteiger partial charge in [0.25, 0.3) is 0 Å². The van der Waals surface area contributed by atoms with Gasteiger partial charge >= 0.3 is 0 Å². The fraction of sp³-hybridized carbons (Fsp3) is 0.200. The lowest BCUT2D eigenvalue weighted by Gasteiger charge is -2.03. The van der Waals surface area contributed by atoms with Gasteiger partial charge in [-0.2, -0.15) is 0 Å². The van der Waals surface area contributed by atoms with E-state index in [0.29, 0.717) is 17.8 Å². The van der Waals surface area contributed by atoms with Gasteiger partial charge in [-0.25, -0.2) is 0 Å². The maximum Gasteiger partial charge on any atom is 0.185 e. The number of rotatable bonds is 3. The van der Waals surface area contributed by atoms with Gasteiger partial charge in [-0.05, 0) is 40.4 Å². The van der Waals surface area contributed by atoms with Crippen LogP contribution in [-0.2, 0) is 11.3 Å². The van der Waals surface area contributed by atoms with E-state index in [1.807, 2.05) is 12.1 Å². The van der Waals surface area contributed by atoms with Gasteiger partial charge in [0.05, 0.1) is 10.2 Å². The van der Waals surface area contributed by atoms with E-state index in [2.05, 4.69) is 27.2 Å². The van der Waals surface area contributed by atoms with Crippen molar-refractivity contribution in [1.82, 2.24) is 0 Å². The van der Waals surface area contributed by atoms with Crippen LogP contribution in [0.1, 0.15) is 28.1 Å². The molecule has 0 amide bonds. The third kappa shape index (κ3) is 2.18. The van der Waals surface area contributed by atoms with Crippen LogP contribution in [0.3, 0.4) is 0 Å². The van der Waals surface area contributed by atoms with Gasteiger partial charge in [0, 0.05) is 17.2 Å². The fourth-order valence-electron chi connectivity index (χ4n) is 2.46. The summed E-state index contributed by atoms with van der Waals surface area (Å²) in [5.41, 5.74) is 4.26. The van der Waals surface area contributed by atoms with Crippen LogP contribution in [0.2, 0.25) is 0 Å². The number of halogens is 1. The second-order valence-electron chi connectivity index (χ2n) is 4.54. The summed E-state index contributed by atoms with van der Waals surface area (Å²) in [6, 6.07) is 7.73. The molecule has 1 heterocycles. The Morgan fingerprint density at radius 1 is 1.35 bits per heavy atom. The van der Waals surface area contributed by atoms with E-state index in [4.69, 9.17) is 9.25 Å². The predicted octanol–water partition coefficient (Wildman–Crippen LogP) is 3.82. The van der Waals surface area contributed by atoms with Crippen LogP contribution in [0.15, 0.2) is 38.3 Å². The number of carbonyl (C=O) groups excluding carboxylic acids is 1. The molecular weight excluding hydrogens is 322 g/mol. The van der Waals surface area contributed by atoms with Gasteiger partial charge in [-0.15, -0.1) is 0 Å². The molecule has 1 aliphatic carbocycles. The minimum Gasteiger partial charge on any atom is -0.452 e. The van der Waals surface area contributed by atoms with Gasteiger partial charge < -0.3 is 9.25 Å². The first kappa shape index (κ1) is 13.1. The number of nitrogens with zero attached hydrogens (tertiary/aromatic N) is 1. The van der Waals surface area contributed by atoms with Crippen LogP contribution in [0.5, 0.6) is 0 Å². The Kier molecular flexibility index (Phi) is 3.44. The molecule has 0 fully saturated rings. The summed E-state index contributed by atoms with van der Waals surface area (Å²) in [4.78, 5) is 15.6. The molecule has 20 heavy (non-hydrogen) atoms. The molecule has 0 saturated carbocycles. The van der Waals surface area contributed by atoms with Gasteiger partial charge in [-0.1, -0.05) is 17.3 Å². The molecule has 5 heteroatoms. The van der Waals surface area contributed by atoms with E-state index in [1.54, 1.807) is 13.2 Å². The largest absolute Gasteiger partial charge is 0.452 e. The molecule has 1 aromatic heterocycles. The molecule has 1 aliphatic rings.